The number of hydrazine groups is 1. The third-order valence-electron chi connectivity index (χ3n) is 5.22. The zero-order valence-electron chi connectivity index (χ0n) is 16.7. The maximum Gasteiger partial charge on any atom is 0.244 e. The van der Waals surface area contributed by atoms with Gasteiger partial charge >= 0.3 is 0 Å². The van der Waals surface area contributed by atoms with Crippen molar-refractivity contribution in [3.05, 3.63) is 66.5 Å². The fourth-order valence-corrected chi connectivity index (χ4v) is 3.62. The van der Waals surface area contributed by atoms with E-state index in [9.17, 15) is 9.59 Å². The van der Waals surface area contributed by atoms with E-state index in [1.165, 1.54) is 0 Å². The first-order valence-corrected chi connectivity index (χ1v) is 9.89. The number of ether oxygens (including phenoxy) is 1. The number of nitrogens with one attached hydrogen (secondary N) is 2. The lowest BCUT2D eigenvalue weighted by atomic mass is 9.98. The maximum atomic E-state index is 12.8. The van der Waals surface area contributed by atoms with Gasteiger partial charge in [0.05, 0.1) is 23.6 Å². The quantitative estimate of drug-likeness (QED) is 0.604. The Morgan fingerprint density at radius 2 is 2.07 bits per heavy atom. The van der Waals surface area contributed by atoms with E-state index in [0.717, 1.165) is 16.9 Å². The van der Waals surface area contributed by atoms with Gasteiger partial charge in [-0.15, -0.1) is 0 Å². The summed E-state index contributed by atoms with van der Waals surface area (Å²) in [7, 11) is 0. The molecule has 3 aromatic rings. The van der Waals surface area contributed by atoms with Crippen molar-refractivity contribution in [2.45, 2.75) is 32.4 Å². The Balaban J connectivity index is 1.39. The van der Waals surface area contributed by atoms with Crippen LogP contribution in [0.1, 0.15) is 30.2 Å². The van der Waals surface area contributed by atoms with Gasteiger partial charge in [-0.1, -0.05) is 18.2 Å². The minimum atomic E-state index is -0.435. The summed E-state index contributed by atoms with van der Waals surface area (Å²) in [4.78, 5) is 28.7. The monoisotopic (exact) mass is 408 g/mol. The van der Waals surface area contributed by atoms with Gasteiger partial charge in [-0.25, -0.2) is 9.67 Å². The van der Waals surface area contributed by atoms with Crippen LogP contribution in [0.3, 0.4) is 0 Å². The minimum Gasteiger partial charge on any atom is -0.371 e. The summed E-state index contributed by atoms with van der Waals surface area (Å²) in [6.07, 6.45) is 7.16. The van der Waals surface area contributed by atoms with Crippen LogP contribution in [0.2, 0.25) is 0 Å². The fourth-order valence-electron chi connectivity index (χ4n) is 3.62. The summed E-state index contributed by atoms with van der Waals surface area (Å²) in [6.45, 7) is 2.97. The smallest absolute Gasteiger partial charge is 0.244 e. The average molecular weight is 408 g/mol. The third-order valence-corrected chi connectivity index (χ3v) is 5.22. The molecule has 30 heavy (non-hydrogen) atoms. The zero-order chi connectivity index (χ0) is 20.9. The number of imidazole rings is 1. The van der Waals surface area contributed by atoms with E-state index in [4.69, 9.17) is 4.74 Å². The van der Waals surface area contributed by atoms with Gasteiger partial charge in [0, 0.05) is 38.2 Å². The van der Waals surface area contributed by atoms with E-state index in [1.807, 2.05) is 41.9 Å². The summed E-state index contributed by atoms with van der Waals surface area (Å²) in [5.74, 6) is -0.957. The lowest BCUT2D eigenvalue weighted by molar-refractivity contribution is -0.132. The van der Waals surface area contributed by atoms with Crippen LogP contribution in [0.25, 0.3) is 5.69 Å². The SMILES string of the molecule is Cc1ccccc1-n1nccc1[C@@H]1OCC[C@H]1C(=O)NNC(=O)CCn1ccnc1. The van der Waals surface area contributed by atoms with Gasteiger partial charge in [0.25, 0.3) is 0 Å². The van der Waals surface area contributed by atoms with E-state index in [-0.39, 0.29) is 18.2 Å². The molecule has 1 aliphatic rings. The molecule has 156 valence electrons. The first-order chi connectivity index (χ1) is 14.6. The average Bonchev–Trinajstić information content (AvgIpc) is 3.51. The predicted octanol–water partition coefficient (Wildman–Crippen LogP) is 1.69. The fraction of sp³-hybridized carbons (Fsp3) is 0.333. The second-order valence-corrected chi connectivity index (χ2v) is 7.23. The molecular weight excluding hydrogens is 384 g/mol. The van der Waals surface area contributed by atoms with Gasteiger partial charge in [-0.2, -0.15) is 5.10 Å². The summed E-state index contributed by atoms with van der Waals surface area (Å²) in [5.41, 5.74) is 7.87. The maximum absolute atomic E-state index is 12.8. The highest BCUT2D eigenvalue weighted by atomic mass is 16.5. The second-order valence-electron chi connectivity index (χ2n) is 7.23. The van der Waals surface area contributed by atoms with Crippen LogP contribution < -0.4 is 10.9 Å². The molecule has 2 atom stereocenters. The number of hydrogen-bond acceptors (Lipinski definition) is 5. The molecule has 1 saturated heterocycles. The van der Waals surface area contributed by atoms with Gasteiger partial charge in [-0.3, -0.25) is 20.4 Å². The number of aryl methyl sites for hydroxylation is 2. The summed E-state index contributed by atoms with van der Waals surface area (Å²) < 4.78 is 9.51. The van der Waals surface area contributed by atoms with E-state index in [1.54, 1.807) is 29.5 Å². The number of carbonyl (C=O) groups is 2. The number of benzene rings is 1. The van der Waals surface area contributed by atoms with Crippen molar-refractivity contribution in [1.82, 2.24) is 30.2 Å². The first-order valence-electron chi connectivity index (χ1n) is 9.89. The van der Waals surface area contributed by atoms with Crippen LogP contribution in [-0.2, 0) is 20.9 Å². The summed E-state index contributed by atoms with van der Waals surface area (Å²) in [6, 6.07) is 9.79. The molecule has 1 aromatic carbocycles. The standard InChI is InChI=1S/C21H24N6O3/c1-15-4-2-3-5-17(15)27-18(6-9-23-27)20-16(8-13-30-20)21(29)25-24-19(28)7-11-26-12-10-22-14-26/h2-6,9-10,12,14,16,20H,7-8,11,13H2,1H3,(H,24,28)(H,25,29)/t16-,20-/m1/s1. The van der Waals surface area contributed by atoms with E-state index in [2.05, 4.69) is 20.9 Å². The molecule has 0 bridgehead atoms. The minimum absolute atomic E-state index is 0.237. The zero-order valence-corrected chi connectivity index (χ0v) is 16.7. The Hall–Kier alpha value is -3.46. The van der Waals surface area contributed by atoms with Gasteiger partial charge < -0.3 is 9.30 Å². The molecule has 0 aliphatic carbocycles. The number of hydrogen-bond donors (Lipinski definition) is 2. The highest BCUT2D eigenvalue weighted by molar-refractivity contribution is 5.83. The van der Waals surface area contributed by atoms with Crippen molar-refractivity contribution in [2.75, 3.05) is 6.61 Å². The van der Waals surface area contributed by atoms with Crippen molar-refractivity contribution in [1.29, 1.82) is 0 Å². The second kappa shape index (κ2) is 8.91. The third kappa shape index (κ3) is 4.25. The number of nitrogens with zero attached hydrogens (tertiary/aromatic N) is 4. The van der Waals surface area contributed by atoms with E-state index >= 15 is 0 Å². The molecule has 0 saturated carbocycles. The molecule has 9 heteroatoms. The molecule has 0 spiro atoms. The van der Waals surface area contributed by atoms with Crippen LogP contribution in [-0.4, -0.2) is 37.8 Å². The Morgan fingerprint density at radius 3 is 2.87 bits per heavy atom. The van der Waals surface area contributed by atoms with Crippen LogP contribution in [0, 0.1) is 12.8 Å². The molecule has 2 amide bonds. The molecule has 2 aromatic heterocycles. The molecule has 0 unspecified atom stereocenters. The van der Waals surface area contributed by atoms with Crippen LogP contribution in [0.4, 0.5) is 0 Å². The predicted molar refractivity (Wildman–Crippen MR) is 108 cm³/mol. The highest BCUT2D eigenvalue weighted by Gasteiger charge is 2.37. The number of amides is 2. The van der Waals surface area contributed by atoms with Crippen molar-refractivity contribution < 1.29 is 14.3 Å². The highest BCUT2D eigenvalue weighted by Crippen LogP contribution is 2.35. The van der Waals surface area contributed by atoms with Gasteiger partial charge in [-0.05, 0) is 31.0 Å². The Morgan fingerprint density at radius 1 is 1.20 bits per heavy atom. The van der Waals surface area contributed by atoms with Crippen LogP contribution in [0.15, 0.2) is 55.2 Å². The van der Waals surface area contributed by atoms with Crippen molar-refractivity contribution >= 4 is 11.8 Å². The first kappa shape index (κ1) is 19.8. The molecule has 4 rings (SSSR count). The number of rotatable bonds is 6. The molecule has 1 fully saturated rings. The molecule has 3 heterocycles. The molecule has 0 radical (unpaired) electrons. The van der Waals surface area contributed by atoms with E-state index in [0.29, 0.717) is 19.6 Å². The van der Waals surface area contributed by atoms with Gasteiger partial charge in [0.15, 0.2) is 0 Å². The number of aromatic nitrogens is 4. The van der Waals surface area contributed by atoms with Gasteiger partial charge in [0.1, 0.15) is 6.10 Å². The molecule has 1 aliphatic heterocycles. The Labute approximate surface area is 174 Å². The largest absolute Gasteiger partial charge is 0.371 e. The summed E-state index contributed by atoms with van der Waals surface area (Å²) >= 11 is 0. The summed E-state index contributed by atoms with van der Waals surface area (Å²) in [5, 5.41) is 4.44. The lowest BCUT2D eigenvalue weighted by Crippen LogP contribution is -2.45. The van der Waals surface area contributed by atoms with Crippen molar-refractivity contribution in [3.63, 3.8) is 0 Å². The van der Waals surface area contributed by atoms with E-state index < -0.39 is 12.0 Å². The number of carbonyl (C=O) groups excluding carboxylic acids is 2. The van der Waals surface area contributed by atoms with Crippen molar-refractivity contribution in [2.24, 2.45) is 5.92 Å². The van der Waals surface area contributed by atoms with Crippen molar-refractivity contribution in [3.8, 4) is 5.69 Å². The normalized spacial score (nSPS) is 18.3. The number of para-hydroxylation sites is 1. The Bertz CT molecular complexity index is 1010. The van der Waals surface area contributed by atoms with Crippen LogP contribution in [0.5, 0.6) is 0 Å². The molecular formula is C21H24N6O3. The lowest BCUT2D eigenvalue weighted by Gasteiger charge is -2.20. The Kier molecular flexibility index (Phi) is 5.89. The van der Waals surface area contributed by atoms with Crippen LogP contribution >= 0.6 is 0 Å². The van der Waals surface area contributed by atoms with Gasteiger partial charge in [0.2, 0.25) is 11.8 Å². The topological polar surface area (TPSA) is 103 Å². The molecule has 9 nitrogen and oxygen atoms in total. The molecule has 2 N–H and O–H groups in total.